The van der Waals surface area contributed by atoms with Crippen molar-refractivity contribution in [2.75, 3.05) is 12.3 Å². The molecule has 3 N–H and O–H groups in total. The summed E-state index contributed by atoms with van der Waals surface area (Å²) >= 11 is 0. The molecule has 1 aromatic rings. The zero-order chi connectivity index (χ0) is 23.9. The summed E-state index contributed by atoms with van der Waals surface area (Å²) in [5.41, 5.74) is 5.83. The Labute approximate surface area is 197 Å². The number of ether oxygens (including phenoxy) is 1. The van der Waals surface area contributed by atoms with Gasteiger partial charge in [0.05, 0.1) is 17.2 Å². The van der Waals surface area contributed by atoms with Crippen LogP contribution >= 0.6 is 0 Å². The summed E-state index contributed by atoms with van der Waals surface area (Å²) in [7, 11) is -3.59. The van der Waals surface area contributed by atoms with Gasteiger partial charge in [0.25, 0.3) is 0 Å². The van der Waals surface area contributed by atoms with Gasteiger partial charge in [-0.05, 0) is 45.4 Å². The van der Waals surface area contributed by atoms with Crippen molar-refractivity contribution < 1.29 is 13.2 Å². The van der Waals surface area contributed by atoms with Crippen LogP contribution < -0.4 is 15.2 Å². The molecule has 32 heavy (non-hydrogen) atoms. The molecule has 0 heterocycles. The number of nitrogens with two attached hydrogens (primary N) is 1. The van der Waals surface area contributed by atoms with Crippen molar-refractivity contribution >= 4 is 15.7 Å². The normalized spacial score (nSPS) is 12.2. The zero-order valence-electron chi connectivity index (χ0n) is 21.0. The lowest BCUT2D eigenvalue weighted by Gasteiger charge is -2.20. The van der Waals surface area contributed by atoms with E-state index < -0.39 is 15.6 Å². The average Bonchev–Trinajstić information content (AvgIpc) is 2.70. The maximum atomic E-state index is 12.4. The summed E-state index contributed by atoms with van der Waals surface area (Å²) in [6, 6.07) is 4.66. The molecule has 1 rings (SSSR count). The van der Waals surface area contributed by atoms with Crippen molar-refractivity contribution in [3.8, 4) is 5.75 Å². The van der Waals surface area contributed by atoms with E-state index in [9.17, 15) is 8.42 Å². The molecule has 0 fully saturated rings. The summed E-state index contributed by atoms with van der Waals surface area (Å²) < 4.78 is 33.2. The molecule has 0 radical (unpaired) electrons. The Balaban J connectivity index is 2.11. The summed E-state index contributed by atoms with van der Waals surface area (Å²) in [4.78, 5) is 0.161. The van der Waals surface area contributed by atoms with Gasteiger partial charge in [-0.2, -0.15) is 0 Å². The summed E-state index contributed by atoms with van der Waals surface area (Å²) in [6.07, 6.45) is 18.5. The number of hydrogen-bond donors (Lipinski definition) is 2. The highest BCUT2D eigenvalue weighted by molar-refractivity contribution is 7.89. The third-order valence-corrected chi connectivity index (χ3v) is 7.24. The largest absolute Gasteiger partial charge is 0.491 e. The Kier molecular flexibility index (Phi) is 14.0. The molecule has 1 aromatic carbocycles. The number of nitrogen functional groups attached to an aromatic ring is 1. The minimum Gasteiger partial charge on any atom is -0.491 e. The highest BCUT2D eigenvalue weighted by Gasteiger charge is 2.22. The van der Waals surface area contributed by atoms with Gasteiger partial charge in [0.15, 0.2) is 0 Å². The molecule has 0 aliphatic carbocycles. The second-order valence-corrected chi connectivity index (χ2v) is 11.7. The molecule has 0 saturated carbocycles. The highest BCUT2D eigenvalue weighted by Crippen LogP contribution is 2.26. The van der Waals surface area contributed by atoms with Gasteiger partial charge < -0.3 is 10.5 Å². The number of benzene rings is 1. The van der Waals surface area contributed by atoms with Crippen molar-refractivity contribution in [1.29, 1.82) is 0 Å². The van der Waals surface area contributed by atoms with Crippen LogP contribution in [-0.2, 0) is 10.0 Å². The lowest BCUT2D eigenvalue weighted by Crippen LogP contribution is -2.40. The third kappa shape index (κ3) is 13.3. The summed E-state index contributed by atoms with van der Waals surface area (Å²) in [5, 5.41) is 0. The molecule has 0 amide bonds. The molecule has 5 nitrogen and oxygen atoms in total. The van der Waals surface area contributed by atoms with E-state index in [0.717, 1.165) is 12.8 Å². The lowest BCUT2D eigenvalue weighted by molar-refractivity contribution is 0.305. The van der Waals surface area contributed by atoms with Gasteiger partial charge in [-0.3, -0.25) is 0 Å². The van der Waals surface area contributed by atoms with Gasteiger partial charge >= 0.3 is 0 Å². The standard InChI is InChI=1S/C26H48N2O3S/c1-5-6-7-8-9-10-11-12-13-14-15-16-17-18-21-31-25-20-19-23(22-24(25)27)32(29,30)28-26(2,3)4/h19-20,22,28H,5-18,21,27H2,1-4H3. The van der Waals surface area contributed by atoms with Crippen molar-refractivity contribution in [1.82, 2.24) is 4.72 Å². The van der Waals surface area contributed by atoms with Crippen LogP contribution in [0, 0.1) is 0 Å². The van der Waals surface area contributed by atoms with Crippen LogP contribution in [-0.4, -0.2) is 20.6 Å². The van der Waals surface area contributed by atoms with Crippen molar-refractivity contribution in [3.63, 3.8) is 0 Å². The Bertz CT molecular complexity index is 727. The fourth-order valence-electron chi connectivity index (χ4n) is 3.77. The molecule has 0 aliphatic heterocycles. The Morgan fingerprint density at radius 3 is 1.72 bits per heavy atom. The molecule has 0 aromatic heterocycles. The number of nitrogens with one attached hydrogen (secondary N) is 1. The number of sulfonamides is 1. The van der Waals surface area contributed by atoms with Crippen LogP contribution in [0.1, 0.15) is 118 Å². The quantitative estimate of drug-likeness (QED) is 0.176. The predicted molar refractivity (Wildman–Crippen MR) is 137 cm³/mol. The first kappa shape index (κ1) is 28.8. The number of unbranched alkanes of at least 4 members (excludes halogenated alkanes) is 13. The minimum absolute atomic E-state index is 0.161. The first-order valence-electron chi connectivity index (χ1n) is 12.7. The van der Waals surface area contributed by atoms with Gasteiger partial charge in [0.2, 0.25) is 10.0 Å². The van der Waals surface area contributed by atoms with Gasteiger partial charge in [-0.1, -0.05) is 90.4 Å². The van der Waals surface area contributed by atoms with E-state index in [1.807, 2.05) is 20.8 Å². The Morgan fingerprint density at radius 1 is 0.812 bits per heavy atom. The molecular formula is C26H48N2O3S. The van der Waals surface area contributed by atoms with Gasteiger partial charge in [0, 0.05) is 5.54 Å². The van der Waals surface area contributed by atoms with E-state index in [-0.39, 0.29) is 4.90 Å². The van der Waals surface area contributed by atoms with Crippen LogP contribution in [0.3, 0.4) is 0 Å². The number of anilines is 1. The van der Waals surface area contributed by atoms with E-state index in [1.54, 1.807) is 12.1 Å². The molecule has 0 bridgehead atoms. The third-order valence-electron chi connectivity index (χ3n) is 5.49. The van der Waals surface area contributed by atoms with E-state index in [2.05, 4.69) is 11.6 Å². The number of rotatable bonds is 18. The number of hydrogen-bond acceptors (Lipinski definition) is 4. The van der Waals surface area contributed by atoms with Crippen LogP contribution in [0.2, 0.25) is 0 Å². The average molecular weight is 469 g/mol. The van der Waals surface area contributed by atoms with Crippen molar-refractivity contribution in [3.05, 3.63) is 18.2 Å². The van der Waals surface area contributed by atoms with Crippen molar-refractivity contribution in [2.45, 2.75) is 128 Å². The molecular weight excluding hydrogens is 420 g/mol. The first-order valence-corrected chi connectivity index (χ1v) is 14.2. The molecule has 0 atom stereocenters. The molecule has 0 unspecified atom stereocenters. The first-order chi connectivity index (χ1) is 15.2. The Morgan fingerprint density at radius 2 is 1.28 bits per heavy atom. The van der Waals surface area contributed by atoms with Crippen LogP contribution in [0.15, 0.2) is 23.1 Å². The second-order valence-electron chi connectivity index (χ2n) is 10.00. The smallest absolute Gasteiger partial charge is 0.241 e. The van der Waals surface area contributed by atoms with Crippen molar-refractivity contribution in [2.24, 2.45) is 0 Å². The fraction of sp³-hybridized carbons (Fsp3) is 0.769. The second kappa shape index (κ2) is 15.5. The SMILES string of the molecule is CCCCCCCCCCCCCCCCOc1ccc(S(=O)(=O)NC(C)(C)C)cc1N. The molecule has 0 saturated heterocycles. The molecule has 0 aliphatic rings. The molecule has 6 heteroatoms. The van der Waals surface area contributed by atoms with Gasteiger partial charge in [-0.25, -0.2) is 13.1 Å². The maximum absolute atomic E-state index is 12.4. The van der Waals surface area contributed by atoms with Crippen LogP contribution in [0.25, 0.3) is 0 Å². The van der Waals surface area contributed by atoms with Gasteiger partial charge in [-0.15, -0.1) is 0 Å². The highest BCUT2D eigenvalue weighted by atomic mass is 32.2. The van der Waals surface area contributed by atoms with Crippen LogP contribution in [0.4, 0.5) is 5.69 Å². The lowest BCUT2D eigenvalue weighted by atomic mass is 10.0. The Hall–Kier alpha value is -1.27. The maximum Gasteiger partial charge on any atom is 0.241 e. The van der Waals surface area contributed by atoms with Crippen LogP contribution in [0.5, 0.6) is 5.75 Å². The van der Waals surface area contributed by atoms with Gasteiger partial charge in [0.1, 0.15) is 5.75 Å². The minimum atomic E-state index is -3.59. The summed E-state index contributed by atoms with van der Waals surface area (Å²) in [5.74, 6) is 0.550. The topological polar surface area (TPSA) is 81.4 Å². The molecule has 0 spiro atoms. The van der Waals surface area contributed by atoms with E-state index in [1.165, 1.54) is 83.1 Å². The van der Waals surface area contributed by atoms with E-state index >= 15 is 0 Å². The molecule has 186 valence electrons. The van der Waals surface area contributed by atoms with E-state index in [4.69, 9.17) is 10.5 Å². The predicted octanol–water partition coefficient (Wildman–Crippen LogP) is 7.21. The fourth-order valence-corrected chi connectivity index (χ4v) is 5.22. The summed E-state index contributed by atoms with van der Waals surface area (Å²) in [6.45, 7) is 8.30. The van der Waals surface area contributed by atoms with E-state index in [0.29, 0.717) is 18.0 Å². The zero-order valence-corrected chi connectivity index (χ0v) is 21.9. The monoisotopic (exact) mass is 468 g/mol.